The number of nitrogens with two attached hydrogens (primary N) is 1. The zero-order valence-corrected chi connectivity index (χ0v) is 31.1. The molecule has 15 nitrogen and oxygen atoms in total. The molecule has 312 valence electrons. The molecule has 2 amide bonds. The van der Waals surface area contributed by atoms with Crippen molar-refractivity contribution in [3.63, 3.8) is 0 Å². The molecule has 5 N–H and O–H groups in total. The van der Waals surface area contributed by atoms with Gasteiger partial charge in [-0.3, -0.25) is 14.6 Å². The number of methoxy groups -OCH3 is 1. The molecule has 58 heavy (non-hydrogen) atoms. The Morgan fingerprint density at radius 3 is 2.19 bits per heavy atom. The summed E-state index contributed by atoms with van der Waals surface area (Å²) >= 11 is 0. The van der Waals surface area contributed by atoms with Gasteiger partial charge >= 0.3 is 24.3 Å². The predicted molar refractivity (Wildman–Crippen MR) is 195 cm³/mol. The van der Waals surface area contributed by atoms with Crippen molar-refractivity contribution in [1.82, 2.24) is 19.5 Å². The molecule has 1 aromatic heterocycles. The summed E-state index contributed by atoms with van der Waals surface area (Å²) in [5.41, 5.74) is 2.57. The summed E-state index contributed by atoms with van der Waals surface area (Å²) in [6.45, 7) is 0.407. The lowest BCUT2D eigenvalue weighted by atomic mass is 10.1. The average molecular weight is 843 g/mol. The van der Waals surface area contributed by atoms with Crippen LogP contribution in [0.3, 0.4) is 0 Å². The molecular formula is C36H36F6N6O9S. The van der Waals surface area contributed by atoms with E-state index in [0.29, 0.717) is 30.6 Å². The van der Waals surface area contributed by atoms with E-state index in [1.807, 2.05) is 42.5 Å². The number of benzene rings is 3. The Labute approximate surface area is 326 Å². The first-order valence-electron chi connectivity index (χ1n) is 16.6. The van der Waals surface area contributed by atoms with E-state index in [-0.39, 0.29) is 23.8 Å². The van der Waals surface area contributed by atoms with Crippen LogP contribution in [0.5, 0.6) is 5.75 Å². The van der Waals surface area contributed by atoms with Crippen LogP contribution in [-0.2, 0) is 42.2 Å². The van der Waals surface area contributed by atoms with Crippen molar-refractivity contribution in [3.05, 3.63) is 102 Å². The molecule has 1 aliphatic rings. The summed E-state index contributed by atoms with van der Waals surface area (Å²) in [4.78, 5) is 50.4. The van der Waals surface area contributed by atoms with Crippen LogP contribution in [0.4, 0.5) is 26.3 Å². The molecule has 0 bridgehead atoms. The number of hydrogen-bond acceptors (Lipinski definition) is 10. The van der Waals surface area contributed by atoms with Gasteiger partial charge in [0.05, 0.1) is 24.8 Å². The molecule has 0 unspecified atom stereocenters. The van der Waals surface area contributed by atoms with Gasteiger partial charge in [0.1, 0.15) is 11.8 Å². The quantitative estimate of drug-likeness (QED) is 0.0692. The van der Waals surface area contributed by atoms with E-state index in [9.17, 15) is 44.3 Å². The topological polar surface area (TPSA) is 222 Å². The molecule has 1 fully saturated rings. The van der Waals surface area contributed by atoms with E-state index in [2.05, 4.69) is 15.4 Å². The Kier molecular flexibility index (Phi) is 16.1. The maximum Gasteiger partial charge on any atom is 0.490 e. The SMILES string of the molecule is COc1ccc2ccc(S(=O)(=O)N(CC(=O)NCCc3cccnc3)[C@H]3CCN(Cc4cccc(C=NN)c4)C3=O)cc2c1.O=C(O)C(F)(F)F.O=C(O)C(F)(F)F. The van der Waals surface area contributed by atoms with E-state index in [1.54, 1.807) is 41.6 Å². The number of hydrogen-bond donors (Lipinski definition) is 4. The molecule has 0 radical (unpaired) electrons. The maximum atomic E-state index is 14.2. The highest BCUT2D eigenvalue weighted by molar-refractivity contribution is 7.89. The Morgan fingerprint density at radius 2 is 1.60 bits per heavy atom. The molecule has 0 saturated carbocycles. The summed E-state index contributed by atoms with van der Waals surface area (Å²) in [7, 11) is -2.73. The van der Waals surface area contributed by atoms with Gasteiger partial charge in [-0.15, -0.1) is 0 Å². The van der Waals surface area contributed by atoms with Gasteiger partial charge < -0.3 is 31.0 Å². The van der Waals surface area contributed by atoms with Gasteiger partial charge in [-0.2, -0.15) is 35.7 Å². The number of carboxylic acids is 2. The fraction of sp³-hybridized carbons (Fsp3) is 0.278. The van der Waals surface area contributed by atoms with Crippen LogP contribution in [0, 0.1) is 0 Å². The summed E-state index contributed by atoms with van der Waals surface area (Å²) in [5.74, 6) is -0.512. The summed E-state index contributed by atoms with van der Waals surface area (Å²) in [5, 5.41) is 22.1. The second-order valence-corrected chi connectivity index (χ2v) is 14.0. The number of ether oxygens (including phenoxy) is 1. The number of nitrogens with one attached hydrogen (secondary N) is 1. The highest BCUT2D eigenvalue weighted by atomic mass is 32.2. The van der Waals surface area contributed by atoms with Crippen molar-refractivity contribution in [2.75, 3.05) is 26.7 Å². The lowest BCUT2D eigenvalue weighted by molar-refractivity contribution is -0.193. The van der Waals surface area contributed by atoms with E-state index in [0.717, 1.165) is 26.4 Å². The summed E-state index contributed by atoms with van der Waals surface area (Å²) in [6.07, 6.45) is -4.50. The number of alkyl halides is 6. The Hall–Kier alpha value is -6.29. The molecule has 0 aliphatic carbocycles. The summed E-state index contributed by atoms with van der Waals surface area (Å²) in [6, 6.07) is 20.2. The minimum Gasteiger partial charge on any atom is -0.497 e. The first kappa shape index (κ1) is 46.1. The number of carbonyl (C=O) groups excluding carboxylic acids is 2. The van der Waals surface area contributed by atoms with Gasteiger partial charge in [-0.1, -0.05) is 36.4 Å². The van der Waals surface area contributed by atoms with Gasteiger partial charge in [0.2, 0.25) is 21.8 Å². The van der Waals surface area contributed by atoms with Crippen molar-refractivity contribution in [2.45, 2.75) is 42.7 Å². The van der Waals surface area contributed by atoms with Gasteiger partial charge in [-0.25, -0.2) is 18.0 Å². The van der Waals surface area contributed by atoms with Crippen LogP contribution >= 0.6 is 0 Å². The molecule has 1 saturated heterocycles. The number of carboxylic acid groups (broad SMARTS) is 2. The number of rotatable bonds is 12. The van der Waals surface area contributed by atoms with Crippen LogP contribution in [-0.4, -0.2) is 108 Å². The lowest BCUT2D eigenvalue weighted by Crippen LogP contribution is -2.49. The third-order valence-corrected chi connectivity index (χ3v) is 9.88. The lowest BCUT2D eigenvalue weighted by Gasteiger charge is -2.27. The van der Waals surface area contributed by atoms with Crippen LogP contribution < -0.4 is 15.9 Å². The summed E-state index contributed by atoms with van der Waals surface area (Å²) < 4.78 is 98.2. The number of amides is 2. The largest absolute Gasteiger partial charge is 0.497 e. The van der Waals surface area contributed by atoms with Crippen molar-refractivity contribution < 1.29 is 68.9 Å². The average Bonchev–Trinajstić information content (AvgIpc) is 3.52. The minimum absolute atomic E-state index is 0.0126. The monoisotopic (exact) mass is 842 g/mol. The molecule has 1 atom stereocenters. The van der Waals surface area contributed by atoms with Crippen LogP contribution in [0.1, 0.15) is 23.1 Å². The van der Waals surface area contributed by atoms with Crippen LogP contribution in [0.15, 0.2) is 95.2 Å². The number of fused-ring (bicyclic) bond motifs is 1. The fourth-order valence-corrected chi connectivity index (χ4v) is 6.91. The van der Waals surface area contributed by atoms with Crippen molar-refractivity contribution in [3.8, 4) is 5.75 Å². The molecule has 2 heterocycles. The normalized spacial score (nSPS) is 14.4. The Morgan fingerprint density at radius 1 is 0.966 bits per heavy atom. The smallest absolute Gasteiger partial charge is 0.490 e. The van der Waals surface area contributed by atoms with Crippen molar-refractivity contribution >= 4 is 50.8 Å². The zero-order valence-electron chi connectivity index (χ0n) is 30.3. The number of likely N-dealkylation sites (tertiary alicyclic amines) is 1. The highest BCUT2D eigenvalue weighted by Crippen LogP contribution is 2.29. The van der Waals surface area contributed by atoms with E-state index in [1.165, 1.54) is 19.4 Å². The van der Waals surface area contributed by atoms with Crippen LogP contribution in [0.2, 0.25) is 0 Å². The standard InChI is InChI=1S/C32H34N6O5S.2C2HF3O2/c1-43-28-9-7-26-8-10-29(18-27(26)17-28)44(41,42)38(22-31(39)35-14-11-23-6-3-13-34-19-23)30-12-15-37(32(30)40)21-25-5-2-4-24(16-25)20-36-33;2*3-2(4,5)1(6)7/h2-10,13,16-20,30H,11-12,14-15,21-22,33H2,1H3,(H,35,39);2*(H,6,7)/t30-;;/m0../s1. The maximum absolute atomic E-state index is 14.2. The molecule has 5 rings (SSSR count). The first-order chi connectivity index (χ1) is 27.2. The fourth-order valence-electron chi connectivity index (χ4n) is 5.30. The minimum atomic E-state index is -5.08. The number of hydrazone groups is 1. The van der Waals surface area contributed by atoms with Gasteiger partial charge in [0, 0.05) is 32.0 Å². The number of aromatic nitrogens is 1. The predicted octanol–water partition coefficient (Wildman–Crippen LogP) is 3.95. The molecule has 3 aromatic carbocycles. The van der Waals surface area contributed by atoms with Gasteiger partial charge in [-0.05, 0) is 76.7 Å². The molecule has 1 aliphatic heterocycles. The van der Waals surface area contributed by atoms with Gasteiger partial charge in [0.15, 0.2) is 0 Å². The first-order valence-corrected chi connectivity index (χ1v) is 18.1. The second kappa shape index (κ2) is 20.2. The second-order valence-electron chi connectivity index (χ2n) is 12.1. The zero-order chi connectivity index (χ0) is 43.3. The van der Waals surface area contributed by atoms with Crippen molar-refractivity contribution in [1.29, 1.82) is 0 Å². The molecular weight excluding hydrogens is 806 g/mol. The molecule has 22 heteroatoms. The van der Waals surface area contributed by atoms with Crippen molar-refractivity contribution in [2.24, 2.45) is 10.9 Å². The number of sulfonamides is 1. The number of halogens is 6. The van der Waals surface area contributed by atoms with E-state index >= 15 is 0 Å². The number of nitrogens with zero attached hydrogens (tertiary/aromatic N) is 4. The molecule has 4 aromatic rings. The Balaban J connectivity index is 0.000000550. The van der Waals surface area contributed by atoms with Crippen LogP contribution in [0.25, 0.3) is 10.8 Å². The third kappa shape index (κ3) is 13.4. The third-order valence-electron chi connectivity index (χ3n) is 8.03. The molecule has 0 spiro atoms. The van der Waals surface area contributed by atoms with Gasteiger partial charge in [0.25, 0.3) is 0 Å². The number of carbonyl (C=O) groups is 4. The van der Waals surface area contributed by atoms with E-state index < -0.39 is 52.8 Å². The Bertz CT molecular complexity index is 2180. The highest BCUT2D eigenvalue weighted by Gasteiger charge is 2.43. The number of pyridine rings is 1. The van der Waals surface area contributed by atoms with E-state index in [4.69, 9.17) is 30.4 Å². The number of aliphatic carboxylic acids is 2.